The Bertz CT molecular complexity index is 470. The van der Waals surface area contributed by atoms with Gasteiger partial charge in [0.15, 0.2) is 11.6 Å². The van der Waals surface area contributed by atoms with E-state index in [0.717, 1.165) is 13.0 Å². The van der Waals surface area contributed by atoms with E-state index in [-0.39, 0.29) is 12.2 Å². The molecule has 0 amide bonds. The van der Waals surface area contributed by atoms with Gasteiger partial charge in [0.2, 0.25) is 0 Å². The van der Waals surface area contributed by atoms with Crippen molar-refractivity contribution in [2.45, 2.75) is 19.3 Å². The number of aliphatic carboxylic acids is 1. The maximum atomic E-state index is 14.1. The Kier molecular flexibility index (Phi) is 4.04. The highest BCUT2D eigenvalue weighted by atomic mass is 19.1. The largest absolute Gasteiger partial charge is 0.494 e. The number of carboxylic acid groups (broad SMARTS) is 1. The highest BCUT2D eigenvalue weighted by Crippen LogP contribution is 2.33. The van der Waals surface area contributed by atoms with Crippen LogP contribution in [0, 0.1) is 11.2 Å². The second-order valence-electron chi connectivity index (χ2n) is 4.98. The van der Waals surface area contributed by atoms with E-state index in [1.165, 1.54) is 13.2 Å². The Labute approximate surface area is 111 Å². The number of ether oxygens (including phenoxy) is 1. The number of nitrogens with one attached hydrogen (secondary N) is 1. The van der Waals surface area contributed by atoms with Gasteiger partial charge in [-0.1, -0.05) is 12.1 Å². The molecule has 1 aromatic rings. The van der Waals surface area contributed by atoms with Gasteiger partial charge in [-0.05, 0) is 37.4 Å². The lowest BCUT2D eigenvalue weighted by molar-refractivity contribution is -0.150. The van der Waals surface area contributed by atoms with E-state index < -0.39 is 17.2 Å². The first-order chi connectivity index (χ1) is 9.09. The van der Waals surface area contributed by atoms with Gasteiger partial charge in [0.1, 0.15) is 0 Å². The van der Waals surface area contributed by atoms with Crippen LogP contribution >= 0.6 is 0 Å². The highest BCUT2D eigenvalue weighted by molar-refractivity contribution is 5.75. The van der Waals surface area contributed by atoms with Crippen LogP contribution in [-0.4, -0.2) is 31.3 Å². The lowest BCUT2D eigenvalue weighted by Crippen LogP contribution is -2.47. The van der Waals surface area contributed by atoms with Crippen LogP contribution in [0.15, 0.2) is 18.2 Å². The van der Waals surface area contributed by atoms with Crippen LogP contribution in [0.5, 0.6) is 5.75 Å². The molecule has 1 aromatic carbocycles. The van der Waals surface area contributed by atoms with Crippen molar-refractivity contribution in [3.8, 4) is 5.75 Å². The summed E-state index contributed by atoms with van der Waals surface area (Å²) in [6.07, 6.45) is 1.53. The van der Waals surface area contributed by atoms with Crippen LogP contribution in [0.25, 0.3) is 0 Å². The molecule has 0 radical (unpaired) electrons. The summed E-state index contributed by atoms with van der Waals surface area (Å²) in [4.78, 5) is 11.6. The lowest BCUT2D eigenvalue weighted by Gasteiger charge is -2.34. The maximum absolute atomic E-state index is 14.1. The zero-order chi connectivity index (χ0) is 13.9. The van der Waals surface area contributed by atoms with E-state index in [2.05, 4.69) is 5.32 Å². The first kappa shape index (κ1) is 13.8. The summed E-state index contributed by atoms with van der Waals surface area (Å²) in [6.45, 7) is 1.19. The van der Waals surface area contributed by atoms with Gasteiger partial charge in [-0.2, -0.15) is 0 Å². The van der Waals surface area contributed by atoms with Gasteiger partial charge in [0, 0.05) is 6.54 Å². The summed E-state index contributed by atoms with van der Waals surface area (Å²) >= 11 is 0. The van der Waals surface area contributed by atoms with E-state index in [4.69, 9.17) is 4.74 Å². The summed E-state index contributed by atoms with van der Waals surface area (Å²) < 4.78 is 19.1. The van der Waals surface area contributed by atoms with Gasteiger partial charge in [0.25, 0.3) is 0 Å². The van der Waals surface area contributed by atoms with Gasteiger partial charge in [-0.3, -0.25) is 4.79 Å². The van der Waals surface area contributed by atoms with Gasteiger partial charge < -0.3 is 15.2 Å². The summed E-state index contributed by atoms with van der Waals surface area (Å²) in [7, 11) is 1.40. The first-order valence-electron chi connectivity index (χ1n) is 6.34. The average Bonchev–Trinajstić information content (AvgIpc) is 2.42. The first-order valence-corrected chi connectivity index (χ1v) is 6.34. The number of carbonyl (C=O) groups is 1. The lowest BCUT2D eigenvalue weighted by atomic mass is 9.75. The summed E-state index contributed by atoms with van der Waals surface area (Å²) in [6, 6.07) is 4.84. The predicted octanol–water partition coefficient (Wildman–Crippen LogP) is 1.83. The van der Waals surface area contributed by atoms with Gasteiger partial charge in [0.05, 0.1) is 12.5 Å². The second kappa shape index (κ2) is 5.57. The minimum absolute atomic E-state index is 0.154. The average molecular weight is 267 g/mol. The third kappa shape index (κ3) is 2.71. The van der Waals surface area contributed by atoms with Crippen molar-refractivity contribution in [3.05, 3.63) is 29.6 Å². The van der Waals surface area contributed by atoms with Crippen molar-refractivity contribution in [2.24, 2.45) is 5.41 Å². The van der Waals surface area contributed by atoms with E-state index in [1.54, 1.807) is 12.1 Å². The number of carboxylic acids is 1. The molecule has 19 heavy (non-hydrogen) atoms. The molecule has 0 bridgehead atoms. The number of rotatable bonds is 4. The molecule has 5 heteroatoms. The molecule has 0 saturated carbocycles. The van der Waals surface area contributed by atoms with Crippen molar-refractivity contribution in [2.75, 3.05) is 20.2 Å². The molecule has 2 N–H and O–H groups in total. The van der Waals surface area contributed by atoms with Crippen molar-refractivity contribution in [1.82, 2.24) is 5.32 Å². The smallest absolute Gasteiger partial charge is 0.311 e. The zero-order valence-electron chi connectivity index (χ0n) is 10.9. The molecule has 104 valence electrons. The molecule has 1 aliphatic rings. The van der Waals surface area contributed by atoms with Crippen LogP contribution in [0.3, 0.4) is 0 Å². The molecule has 1 unspecified atom stereocenters. The van der Waals surface area contributed by atoms with E-state index in [1.807, 2.05) is 0 Å². The number of hydrogen-bond donors (Lipinski definition) is 2. The number of halogens is 1. The highest BCUT2D eigenvalue weighted by Gasteiger charge is 2.40. The molecule has 2 rings (SSSR count). The molecule has 1 aliphatic heterocycles. The van der Waals surface area contributed by atoms with Crippen molar-refractivity contribution < 1.29 is 19.0 Å². The normalized spacial score (nSPS) is 23.1. The quantitative estimate of drug-likeness (QED) is 0.874. The molecule has 0 aromatic heterocycles. The van der Waals surface area contributed by atoms with E-state index in [0.29, 0.717) is 18.5 Å². The molecule has 1 saturated heterocycles. The topological polar surface area (TPSA) is 58.6 Å². The molecule has 1 atom stereocenters. The fourth-order valence-electron chi connectivity index (χ4n) is 2.59. The monoisotopic (exact) mass is 267 g/mol. The second-order valence-corrected chi connectivity index (χ2v) is 4.98. The molecule has 0 aliphatic carbocycles. The Balaban J connectivity index is 2.29. The third-order valence-electron chi connectivity index (χ3n) is 3.72. The fraction of sp³-hybridized carbons (Fsp3) is 0.500. The van der Waals surface area contributed by atoms with Crippen LogP contribution < -0.4 is 10.1 Å². The molecule has 0 spiro atoms. The Morgan fingerprint density at radius 2 is 2.37 bits per heavy atom. The molecule has 4 nitrogen and oxygen atoms in total. The van der Waals surface area contributed by atoms with Gasteiger partial charge in [-0.25, -0.2) is 4.39 Å². The van der Waals surface area contributed by atoms with Crippen molar-refractivity contribution in [1.29, 1.82) is 0 Å². The third-order valence-corrected chi connectivity index (χ3v) is 3.72. The Morgan fingerprint density at radius 1 is 1.58 bits per heavy atom. The maximum Gasteiger partial charge on any atom is 0.311 e. The van der Waals surface area contributed by atoms with Crippen LogP contribution in [0.2, 0.25) is 0 Å². The van der Waals surface area contributed by atoms with Gasteiger partial charge >= 0.3 is 5.97 Å². The molecule has 1 heterocycles. The number of hydrogen-bond acceptors (Lipinski definition) is 3. The molecular formula is C14H18FNO3. The van der Waals surface area contributed by atoms with Crippen LogP contribution in [0.4, 0.5) is 4.39 Å². The predicted molar refractivity (Wildman–Crippen MR) is 68.8 cm³/mol. The summed E-state index contributed by atoms with van der Waals surface area (Å²) in [5.41, 5.74) is -0.531. The number of piperidine rings is 1. The Hall–Kier alpha value is -1.62. The minimum Gasteiger partial charge on any atom is -0.494 e. The standard InChI is InChI=1S/C14H18FNO3/c1-19-11-5-2-4-10(12(11)15)8-14(13(17)18)6-3-7-16-9-14/h2,4-5,16H,3,6-9H2,1H3,(H,17,18). The number of benzene rings is 1. The van der Waals surface area contributed by atoms with Crippen molar-refractivity contribution in [3.63, 3.8) is 0 Å². The summed E-state index contributed by atoms with van der Waals surface area (Å²) in [5, 5.41) is 12.6. The SMILES string of the molecule is COc1cccc(CC2(C(=O)O)CCCNC2)c1F. The summed E-state index contributed by atoms with van der Waals surface area (Å²) in [5.74, 6) is -1.18. The number of methoxy groups -OCH3 is 1. The Morgan fingerprint density at radius 3 is 2.95 bits per heavy atom. The fourth-order valence-corrected chi connectivity index (χ4v) is 2.59. The van der Waals surface area contributed by atoms with Gasteiger partial charge in [-0.15, -0.1) is 0 Å². The van der Waals surface area contributed by atoms with E-state index >= 15 is 0 Å². The molecular weight excluding hydrogens is 249 g/mol. The van der Waals surface area contributed by atoms with E-state index in [9.17, 15) is 14.3 Å². The minimum atomic E-state index is -0.925. The van der Waals surface area contributed by atoms with Crippen LogP contribution in [0.1, 0.15) is 18.4 Å². The van der Waals surface area contributed by atoms with Crippen molar-refractivity contribution >= 4 is 5.97 Å². The van der Waals surface area contributed by atoms with Crippen LogP contribution in [-0.2, 0) is 11.2 Å². The zero-order valence-corrected chi connectivity index (χ0v) is 10.9. The molecule has 1 fully saturated rings.